The Balaban J connectivity index is 2.44. The number of nitrogens with zero attached hydrogens (tertiary/aromatic N) is 2. The molecule has 0 aliphatic heterocycles. The van der Waals surface area contributed by atoms with E-state index in [4.69, 9.17) is 16.3 Å². The summed E-state index contributed by atoms with van der Waals surface area (Å²) in [6, 6.07) is 0. The average Bonchev–Trinajstić information content (AvgIpc) is 2.71. The van der Waals surface area contributed by atoms with Crippen molar-refractivity contribution in [2.45, 2.75) is 50.9 Å². The summed E-state index contributed by atoms with van der Waals surface area (Å²) >= 11 is 6.17. The van der Waals surface area contributed by atoms with Gasteiger partial charge in [-0.1, -0.05) is 18.0 Å². The molecule has 1 aliphatic carbocycles. The molecule has 1 aliphatic rings. The summed E-state index contributed by atoms with van der Waals surface area (Å²) in [6.45, 7) is 2.68. The van der Waals surface area contributed by atoms with Gasteiger partial charge < -0.3 is 9.84 Å². The normalized spacial score (nSPS) is 29.5. The fourth-order valence-corrected chi connectivity index (χ4v) is 3.05. The number of rotatable bonds is 3. The van der Waals surface area contributed by atoms with Crippen LogP contribution in [0.15, 0.2) is 6.20 Å². The highest BCUT2D eigenvalue weighted by Gasteiger charge is 2.44. The van der Waals surface area contributed by atoms with Crippen LogP contribution in [0.25, 0.3) is 0 Å². The van der Waals surface area contributed by atoms with Gasteiger partial charge in [0.2, 0.25) is 0 Å². The quantitative estimate of drug-likeness (QED) is 0.905. The molecule has 1 heterocycles. The van der Waals surface area contributed by atoms with Gasteiger partial charge >= 0.3 is 0 Å². The Labute approximate surface area is 107 Å². The fourth-order valence-electron chi connectivity index (χ4n) is 2.74. The van der Waals surface area contributed by atoms with Crippen LogP contribution in [0.3, 0.4) is 0 Å². The molecule has 0 spiro atoms. The van der Waals surface area contributed by atoms with E-state index in [1.165, 1.54) is 0 Å². The number of hydrogen-bond donors (Lipinski definition) is 1. The second-order valence-corrected chi connectivity index (χ2v) is 4.96. The predicted octanol–water partition coefficient (Wildman–Crippen LogP) is 2.33. The number of aliphatic hydroxyl groups is 1. The molecular formula is C12H19ClN2O2. The van der Waals surface area contributed by atoms with Gasteiger partial charge in [0.15, 0.2) is 0 Å². The molecule has 4 nitrogen and oxygen atoms in total. The Hall–Kier alpha value is -0.580. The summed E-state index contributed by atoms with van der Waals surface area (Å²) < 4.78 is 7.20. The highest BCUT2D eigenvalue weighted by Crippen LogP contribution is 2.41. The zero-order valence-electron chi connectivity index (χ0n) is 10.3. The van der Waals surface area contributed by atoms with Gasteiger partial charge in [-0.25, -0.2) is 0 Å². The van der Waals surface area contributed by atoms with E-state index in [2.05, 4.69) is 5.10 Å². The zero-order chi connectivity index (χ0) is 12.5. The molecule has 1 N–H and O–H groups in total. The van der Waals surface area contributed by atoms with Crippen molar-refractivity contribution in [3.05, 3.63) is 16.9 Å². The molecule has 1 fully saturated rings. The third-order valence-corrected chi connectivity index (χ3v) is 3.87. The fraction of sp³-hybridized carbons (Fsp3) is 0.750. The van der Waals surface area contributed by atoms with Crippen LogP contribution in [0.5, 0.6) is 0 Å². The van der Waals surface area contributed by atoms with Gasteiger partial charge in [-0.15, -0.1) is 0 Å². The Morgan fingerprint density at radius 3 is 3.06 bits per heavy atom. The molecule has 17 heavy (non-hydrogen) atoms. The summed E-state index contributed by atoms with van der Waals surface area (Å²) in [5, 5.41) is 15.6. The van der Waals surface area contributed by atoms with Crippen LogP contribution in [0.1, 0.15) is 38.3 Å². The van der Waals surface area contributed by atoms with E-state index in [1.54, 1.807) is 18.0 Å². The van der Waals surface area contributed by atoms with Crippen LogP contribution < -0.4 is 0 Å². The number of aromatic nitrogens is 2. The Bertz CT molecular complexity index is 394. The van der Waals surface area contributed by atoms with Crippen LogP contribution in [0.2, 0.25) is 5.02 Å². The highest BCUT2D eigenvalue weighted by atomic mass is 35.5. The Kier molecular flexibility index (Phi) is 3.76. The molecule has 2 rings (SSSR count). The third kappa shape index (κ3) is 2.09. The van der Waals surface area contributed by atoms with Gasteiger partial charge in [0.05, 0.1) is 23.0 Å². The molecular weight excluding hydrogens is 240 g/mol. The van der Waals surface area contributed by atoms with E-state index >= 15 is 0 Å². The van der Waals surface area contributed by atoms with Crippen molar-refractivity contribution in [3.8, 4) is 0 Å². The number of aryl methyl sites for hydroxylation is 1. The first kappa shape index (κ1) is 12.9. The van der Waals surface area contributed by atoms with Gasteiger partial charge in [0, 0.05) is 13.7 Å². The lowest BCUT2D eigenvalue weighted by Crippen LogP contribution is -2.45. The number of hydrogen-bond acceptors (Lipinski definition) is 3. The molecule has 2 atom stereocenters. The van der Waals surface area contributed by atoms with E-state index < -0.39 is 5.60 Å². The summed E-state index contributed by atoms with van der Waals surface area (Å²) in [4.78, 5) is 0. The maximum Gasteiger partial charge on any atom is 0.134 e. The summed E-state index contributed by atoms with van der Waals surface area (Å²) in [7, 11) is 1.64. The standard InChI is InChI=1S/C12H19ClN2O2/c1-3-15-11(9(13)8-14-15)12(16)7-5-4-6-10(12)17-2/h8,10,16H,3-7H2,1-2H3. The summed E-state index contributed by atoms with van der Waals surface area (Å²) in [5.74, 6) is 0. The number of ether oxygens (including phenoxy) is 1. The van der Waals surface area contributed by atoms with Crippen LogP contribution >= 0.6 is 11.6 Å². The minimum Gasteiger partial charge on any atom is -0.381 e. The van der Waals surface area contributed by atoms with Crippen LogP contribution in [-0.4, -0.2) is 28.1 Å². The van der Waals surface area contributed by atoms with Gasteiger partial charge in [0.1, 0.15) is 5.60 Å². The average molecular weight is 259 g/mol. The summed E-state index contributed by atoms with van der Waals surface area (Å²) in [5.41, 5.74) is -0.301. The van der Waals surface area contributed by atoms with Gasteiger partial charge in [-0.2, -0.15) is 5.10 Å². The lowest BCUT2D eigenvalue weighted by molar-refractivity contribution is -0.127. The molecule has 0 aromatic carbocycles. The van der Waals surface area contributed by atoms with E-state index in [9.17, 15) is 5.11 Å². The topological polar surface area (TPSA) is 47.3 Å². The van der Waals surface area contributed by atoms with Crippen molar-refractivity contribution < 1.29 is 9.84 Å². The minimum atomic E-state index is -1.00. The van der Waals surface area contributed by atoms with E-state index in [-0.39, 0.29) is 6.10 Å². The molecule has 2 unspecified atom stereocenters. The molecule has 1 aromatic heterocycles. The van der Waals surface area contributed by atoms with E-state index in [0.29, 0.717) is 23.7 Å². The molecule has 0 amide bonds. The Morgan fingerprint density at radius 1 is 1.65 bits per heavy atom. The van der Waals surface area contributed by atoms with Crippen molar-refractivity contribution in [3.63, 3.8) is 0 Å². The minimum absolute atomic E-state index is 0.198. The first-order valence-electron chi connectivity index (χ1n) is 6.10. The van der Waals surface area contributed by atoms with Gasteiger partial charge in [0.25, 0.3) is 0 Å². The maximum absolute atomic E-state index is 10.9. The van der Waals surface area contributed by atoms with Crippen molar-refractivity contribution in [2.24, 2.45) is 0 Å². The number of halogens is 1. The maximum atomic E-state index is 10.9. The SMILES string of the molecule is CCn1ncc(Cl)c1C1(O)CCCCC1OC. The molecule has 96 valence electrons. The lowest BCUT2D eigenvalue weighted by atomic mass is 9.79. The third-order valence-electron chi connectivity index (χ3n) is 3.60. The summed E-state index contributed by atoms with van der Waals surface area (Å²) in [6.07, 6.45) is 5.01. The van der Waals surface area contributed by atoms with Crippen LogP contribution in [0, 0.1) is 0 Å². The number of methoxy groups -OCH3 is 1. The second kappa shape index (κ2) is 4.96. The van der Waals surface area contributed by atoms with Crippen LogP contribution in [0.4, 0.5) is 0 Å². The van der Waals surface area contributed by atoms with Crippen molar-refractivity contribution in [1.29, 1.82) is 0 Å². The van der Waals surface area contributed by atoms with E-state index in [1.807, 2.05) is 6.92 Å². The Morgan fingerprint density at radius 2 is 2.41 bits per heavy atom. The zero-order valence-corrected chi connectivity index (χ0v) is 11.1. The first-order valence-corrected chi connectivity index (χ1v) is 6.48. The van der Waals surface area contributed by atoms with E-state index in [0.717, 1.165) is 19.3 Å². The van der Waals surface area contributed by atoms with Crippen molar-refractivity contribution >= 4 is 11.6 Å². The van der Waals surface area contributed by atoms with Crippen LogP contribution in [-0.2, 0) is 16.9 Å². The molecule has 0 bridgehead atoms. The lowest BCUT2D eigenvalue weighted by Gasteiger charge is -2.39. The van der Waals surface area contributed by atoms with Gasteiger partial charge in [-0.05, 0) is 26.2 Å². The smallest absolute Gasteiger partial charge is 0.134 e. The molecule has 5 heteroatoms. The monoisotopic (exact) mass is 258 g/mol. The molecule has 1 saturated carbocycles. The molecule has 0 saturated heterocycles. The largest absolute Gasteiger partial charge is 0.381 e. The first-order chi connectivity index (χ1) is 8.13. The predicted molar refractivity (Wildman–Crippen MR) is 66.1 cm³/mol. The van der Waals surface area contributed by atoms with Gasteiger partial charge in [-0.3, -0.25) is 4.68 Å². The molecule has 0 radical (unpaired) electrons. The highest BCUT2D eigenvalue weighted by molar-refractivity contribution is 6.31. The second-order valence-electron chi connectivity index (χ2n) is 4.55. The molecule has 1 aromatic rings. The van der Waals surface area contributed by atoms with Crippen molar-refractivity contribution in [2.75, 3.05) is 7.11 Å². The van der Waals surface area contributed by atoms with Crippen molar-refractivity contribution in [1.82, 2.24) is 9.78 Å².